The molecule has 106 valence electrons. The Morgan fingerprint density at radius 2 is 1.27 bits per heavy atom. The third-order valence-corrected chi connectivity index (χ3v) is 3.94. The fraction of sp³-hybridized carbons (Fsp3) is 0.0952. The first-order chi connectivity index (χ1) is 10.8. The number of benzene rings is 3. The van der Waals surface area contributed by atoms with E-state index in [1.165, 1.54) is 22.3 Å². The first-order valence-corrected chi connectivity index (χ1v) is 7.50. The Bertz CT molecular complexity index is 806. The highest BCUT2D eigenvalue weighted by molar-refractivity contribution is 5.72. The molecule has 0 unspecified atom stereocenters. The third kappa shape index (κ3) is 2.77. The molecule has 0 spiro atoms. The highest BCUT2D eigenvalue weighted by atomic mass is 14.2. The van der Waals surface area contributed by atoms with Crippen LogP contribution in [0.1, 0.15) is 18.1 Å². The van der Waals surface area contributed by atoms with Gasteiger partial charge < -0.3 is 0 Å². The van der Waals surface area contributed by atoms with Crippen molar-refractivity contribution < 1.29 is 0 Å². The third-order valence-electron chi connectivity index (χ3n) is 3.94. The Hall–Kier alpha value is -2.85. The standard InChI is InChI=1S/C21H17N/c1-2-17-5-3-4-6-21(17)20-13-11-19(12-14-20)18-9-7-16(15-22)8-10-18/h3-14H,2H2,1H3. The molecule has 0 aromatic heterocycles. The van der Waals surface area contributed by atoms with Crippen molar-refractivity contribution in [2.24, 2.45) is 0 Å². The highest BCUT2D eigenvalue weighted by Crippen LogP contribution is 2.27. The molecule has 0 aliphatic heterocycles. The summed E-state index contributed by atoms with van der Waals surface area (Å²) in [6.07, 6.45) is 1.04. The van der Waals surface area contributed by atoms with Crippen molar-refractivity contribution in [1.82, 2.24) is 0 Å². The summed E-state index contributed by atoms with van der Waals surface area (Å²) >= 11 is 0. The van der Waals surface area contributed by atoms with Gasteiger partial charge in [0.25, 0.3) is 0 Å². The zero-order chi connectivity index (χ0) is 15.4. The van der Waals surface area contributed by atoms with Crippen molar-refractivity contribution in [2.75, 3.05) is 0 Å². The molecule has 0 atom stereocenters. The molecular formula is C21H17N. The van der Waals surface area contributed by atoms with Crippen LogP contribution in [0.2, 0.25) is 0 Å². The summed E-state index contributed by atoms with van der Waals surface area (Å²) in [7, 11) is 0. The number of hydrogen-bond donors (Lipinski definition) is 0. The molecule has 0 amide bonds. The van der Waals surface area contributed by atoms with Crippen LogP contribution in [0, 0.1) is 11.3 Å². The summed E-state index contributed by atoms with van der Waals surface area (Å²) in [5.41, 5.74) is 6.91. The number of aryl methyl sites for hydroxylation is 1. The van der Waals surface area contributed by atoms with E-state index in [1.54, 1.807) is 0 Å². The predicted molar refractivity (Wildman–Crippen MR) is 91.4 cm³/mol. The Labute approximate surface area is 131 Å². The van der Waals surface area contributed by atoms with E-state index in [0.29, 0.717) is 5.56 Å². The molecule has 3 rings (SSSR count). The van der Waals surface area contributed by atoms with E-state index in [9.17, 15) is 0 Å². The summed E-state index contributed by atoms with van der Waals surface area (Å²) < 4.78 is 0. The van der Waals surface area contributed by atoms with Crippen molar-refractivity contribution in [3.8, 4) is 28.3 Å². The van der Waals surface area contributed by atoms with E-state index in [-0.39, 0.29) is 0 Å². The second-order valence-corrected chi connectivity index (χ2v) is 5.28. The van der Waals surface area contributed by atoms with E-state index >= 15 is 0 Å². The lowest BCUT2D eigenvalue weighted by molar-refractivity contribution is 1.14. The molecule has 0 aliphatic rings. The van der Waals surface area contributed by atoms with Crippen molar-refractivity contribution in [3.63, 3.8) is 0 Å². The van der Waals surface area contributed by atoms with Crippen LogP contribution in [0.5, 0.6) is 0 Å². The monoisotopic (exact) mass is 283 g/mol. The van der Waals surface area contributed by atoms with E-state index in [2.05, 4.69) is 61.5 Å². The zero-order valence-electron chi connectivity index (χ0n) is 12.6. The van der Waals surface area contributed by atoms with Crippen molar-refractivity contribution in [1.29, 1.82) is 5.26 Å². The SMILES string of the molecule is CCc1ccccc1-c1ccc(-c2ccc(C#N)cc2)cc1. The van der Waals surface area contributed by atoms with Gasteiger partial charge in [-0.25, -0.2) is 0 Å². The fourth-order valence-corrected chi connectivity index (χ4v) is 2.69. The molecule has 0 aliphatic carbocycles. The molecule has 1 nitrogen and oxygen atoms in total. The molecule has 0 bridgehead atoms. The van der Waals surface area contributed by atoms with Gasteiger partial charge in [-0.1, -0.05) is 67.6 Å². The van der Waals surface area contributed by atoms with Gasteiger partial charge in [-0.15, -0.1) is 0 Å². The summed E-state index contributed by atoms with van der Waals surface area (Å²) in [4.78, 5) is 0. The minimum atomic E-state index is 0.692. The first kappa shape index (κ1) is 14.1. The zero-order valence-corrected chi connectivity index (χ0v) is 12.6. The molecule has 0 fully saturated rings. The smallest absolute Gasteiger partial charge is 0.0991 e. The van der Waals surface area contributed by atoms with Crippen LogP contribution in [0.4, 0.5) is 0 Å². The molecule has 3 aromatic carbocycles. The van der Waals surface area contributed by atoms with Crippen molar-refractivity contribution in [2.45, 2.75) is 13.3 Å². The van der Waals surface area contributed by atoms with Gasteiger partial charge in [-0.05, 0) is 46.4 Å². The van der Waals surface area contributed by atoms with Crippen LogP contribution < -0.4 is 0 Å². The van der Waals surface area contributed by atoms with Gasteiger partial charge in [0.1, 0.15) is 0 Å². The largest absolute Gasteiger partial charge is 0.192 e. The lowest BCUT2D eigenvalue weighted by atomic mass is 9.96. The molecule has 3 aromatic rings. The summed E-state index contributed by atoms with van der Waals surface area (Å²) in [6.45, 7) is 2.18. The molecule has 0 radical (unpaired) electrons. The summed E-state index contributed by atoms with van der Waals surface area (Å²) in [5.74, 6) is 0. The maximum Gasteiger partial charge on any atom is 0.0991 e. The van der Waals surface area contributed by atoms with Gasteiger partial charge in [0, 0.05) is 0 Å². The maximum absolute atomic E-state index is 8.86. The highest BCUT2D eigenvalue weighted by Gasteiger charge is 2.04. The molecule has 0 saturated carbocycles. The van der Waals surface area contributed by atoms with Gasteiger partial charge in [-0.3, -0.25) is 0 Å². The Kier molecular flexibility index (Phi) is 4.03. The van der Waals surface area contributed by atoms with Crippen molar-refractivity contribution in [3.05, 3.63) is 83.9 Å². The number of nitriles is 1. The molecule has 0 N–H and O–H groups in total. The molecule has 22 heavy (non-hydrogen) atoms. The second kappa shape index (κ2) is 6.28. The maximum atomic E-state index is 8.86. The van der Waals surface area contributed by atoms with E-state index in [0.717, 1.165) is 12.0 Å². The lowest BCUT2D eigenvalue weighted by Gasteiger charge is -2.09. The average Bonchev–Trinajstić information content (AvgIpc) is 2.62. The Balaban J connectivity index is 1.94. The van der Waals surface area contributed by atoms with Crippen LogP contribution in [-0.2, 0) is 6.42 Å². The van der Waals surface area contributed by atoms with Crippen LogP contribution >= 0.6 is 0 Å². The van der Waals surface area contributed by atoms with Gasteiger partial charge in [0.2, 0.25) is 0 Å². The van der Waals surface area contributed by atoms with E-state index in [1.807, 2.05) is 24.3 Å². The molecule has 0 heterocycles. The van der Waals surface area contributed by atoms with Gasteiger partial charge in [0.15, 0.2) is 0 Å². The molecule has 1 heteroatoms. The predicted octanol–water partition coefficient (Wildman–Crippen LogP) is 5.45. The molecule has 0 saturated heterocycles. The fourth-order valence-electron chi connectivity index (χ4n) is 2.69. The van der Waals surface area contributed by atoms with Gasteiger partial charge in [-0.2, -0.15) is 5.26 Å². The topological polar surface area (TPSA) is 23.8 Å². The summed E-state index contributed by atoms with van der Waals surface area (Å²) in [5, 5.41) is 8.86. The average molecular weight is 283 g/mol. The normalized spacial score (nSPS) is 10.2. The van der Waals surface area contributed by atoms with Crippen molar-refractivity contribution >= 4 is 0 Å². The van der Waals surface area contributed by atoms with Gasteiger partial charge in [0.05, 0.1) is 11.6 Å². The minimum absolute atomic E-state index is 0.692. The van der Waals surface area contributed by atoms with Crippen LogP contribution in [0.25, 0.3) is 22.3 Å². The van der Waals surface area contributed by atoms with E-state index < -0.39 is 0 Å². The van der Waals surface area contributed by atoms with Gasteiger partial charge >= 0.3 is 0 Å². The van der Waals surface area contributed by atoms with Crippen LogP contribution in [0.15, 0.2) is 72.8 Å². The van der Waals surface area contributed by atoms with Crippen LogP contribution in [0.3, 0.4) is 0 Å². The van der Waals surface area contributed by atoms with Crippen LogP contribution in [-0.4, -0.2) is 0 Å². The summed E-state index contributed by atoms with van der Waals surface area (Å²) in [6, 6.07) is 27.0. The number of rotatable bonds is 3. The quantitative estimate of drug-likeness (QED) is 0.626. The number of hydrogen-bond acceptors (Lipinski definition) is 1. The number of nitrogens with zero attached hydrogens (tertiary/aromatic N) is 1. The minimum Gasteiger partial charge on any atom is -0.192 e. The lowest BCUT2D eigenvalue weighted by Crippen LogP contribution is -1.87. The Morgan fingerprint density at radius 3 is 1.86 bits per heavy atom. The first-order valence-electron chi connectivity index (χ1n) is 7.50. The van der Waals surface area contributed by atoms with E-state index in [4.69, 9.17) is 5.26 Å². The Morgan fingerprint density at radius 1 is 0.727 bits per heavy atom. The molecular weight excluding hydrogens is 266 g/mol. The second-order valence-electron chi connectivity index (χ2n) is 5.28.